The fourth-order valence-corrected chi connectivity index (χ4v) is 2.20. The Hall–Kier alpha value is -1.19. The zero-order chi connectivity index (χ0) is 14.4. The number of rotatable bonds is 7. The lowest BCUT2D eigenvalue weighted by Gasteiger charge is -2.11. The van der Waals surface area contributed by atoms with Crippen molar-refractivity contribution in [3.63, 3.8) is 0 Å². The van der Waals surface area contributed by atoms with Crippen molar-refractivity contribution in [1.82, 2.24) is 0 Å². The van der Waals surface area contributed by atoms with Crippen molar-refractivity contribution < 1.29 is 14.3 Å². The minimum absolute atomic E-state index is 0.0412. The highest BCUT2D eigenvalue weighted by Gasteiger charge is 2.12. The average molecular weight is 264 g/mol. The van der Waals surface area contributed by atoms with Gasteiger partial charge in [0.1, 0.15) is 6.61 Å². The third-order valence-electron chi connectivity index (χ3n) is 2.87. The molecule has 1 aromatic rings. The van der Waals surface area contributed by atoms with Gasteiger partial charge in [0, 0.05) is 5.56 Å². The lowest BCUT2D eigenvalue weighted by Crippen LogP contribution is -2.16. The first-order valence-corrected chi connectivity index (χ1v) is 6.72. The maximum absolute atomic E-state index is 12.1. The van der Waals surface area contributed by atoms with E-state index in [2.05, 4.69) is 0 Å². The third-order valence-corrected chi connectivity index (χ3v) is 2.87. The van der Waals surface area contributed by atoms with E-state index >= 15 is 0 Å². The molecule has 106 valence electrons. The lowest BCUT2D eigenvalue weighted by molar-refractivity contribution is 0.0208. The van der Waals surface area contributed by atoms with Gasteiger partial charge in [-0.1, -0.05) is 17.7 Å². The molecule has 0 spiro atoms. The van der Waals surface area contributed by atoms with Gasteiger partial charge in [-0.05, 0) is 45.7 Å². The summed E-state index contributed by atoms with van der Waals surface area (Å²) in [5.74, 6) is 0.0412. The van der Waals surface area contributed by atoms with Gasteiger partial charge in [0.2, 0.25) is 0 Å². The van der Waals surface area contributed by atoms with Gasteiger partial charge in [0.25, 0.3) is 0 Å². The Balaban J connectivity index is 2.50. The molecule has 0 aliphatic heterocycles. The van der Waals surface area contributed by atoms with Crippen LogP contribution in [-0.4, -0.2) is 31.7 Å². The molecule has 0 aliphatic carbocycles. The minimum atomic E-state index is 0.0412. The molecular formula is C16H24O3. The summed E-state index contributed by atoms with van der Waals surface area (Å²) in [6.07, 6.45) is 0.195. The molecule has 0 aliphatic rings. The van der Waals surface area contributed by atoms with Crippen LogP contribution < -0.4 is 0 Å². The number of ketones is 1. The van der Waals surface area contributed by atoms with Crippen LogP contribution in [0, 0.1) is 20.8 Å². The van der Waals surface area contributed by atoms with E-state index in [1.54, 1.807) is 0 Å². The Bertz CT molecular complexity index is 413. The highest BCUT2D eigenvalue weighted by Crippen LogP contribution is 2.17. The largest absolute Gasteiger partial charge is 0.376 e. The SMILES string of the molecule is Cc1cc(C)c(C(=O)COCCOC(C)C)c(C)c1. The second-order valence-corrected chi connectivity index (χ2v) is 5.17. The Morgan fingerprint density at radius 2 is 1.68 bits per heavy atom. The van der Waals surface area contributed by atoms with Crippen molar-refractivity contribution in [3.05, 3.63) is 34.4 Å². The third kappa shape index (κ3) is 5.13. The summed E-state index contributed by atoms with van der Waals surface area (Å²) in [7, 11) is 0. The summed E-state index contributed by atoms with van der Waals surface area (Å²) in [5.41, 5.74) is 4.00. The molecule has 0 heterocycles. The van der Waals surface area contributed by atoms with E-state index in [1.807, 2.05) is 46.8 Å². The van der Waals surface area contributed by atoms with Crippen LogP contribution in [0.1, 0.15) is 40.9 Å². The number of benzene rings is 1. The molecule has 3 nitrogen and oxygen atoms in total. The maximum Gasteiger partial charge on any atom is 0.188 e. The fourth-order valence-electron chi connectivity index (χ4n) is 2.20. The van der Waals surface area contributed by atoms with Crippen LogP contribution in [0.5, 0.6) is 0 Å². The van der Waals surface area contributed by atoms with Gasteiger partial charge in [0.05, 0.1) is 19.3 Å². The van der Waals surface area contributed by atoms with Crippen LogP contribution in [0.3, 0.4) is 0 Å². The number of aryl methyl sites for hydroxylation is 3. The van der Waals surface area contributed by atoms with Gasteiger partial charge >= 0.3 is 0 Å². The predicted molar refractivity (Wildman–Crippen MR) is 76.9 cm³/mol. The van der Waals surface area contributed by atoms with Crippen molar-refractivity contribution in [2.45, 2.75) is 40.7 Å². The van der Waals surface area contributed by atoms with E-state index in [9.17, 15) is 4.79 Å². The molecule has 0 aromatic heterocycles. The van der Waals surface area contributed by atoms with Gasteiger partial charge in [0.15, 0.2) is 5.78 Å². The Labute approximate surface area is 115 Å². The van der Waals surface area contributed by atoms with Gasteiger partial charge in [-0.25, -0.2) is 0 Å². The van der Waals surface area contributed by atoms with Gasteiger partial charge in [-0.2, -0.15) is 0 Å². The molecule has 0 atom stereocenters. The quantitative estimate of drug-likeness (QED) is 0.560. The van der Waals surface area contributed by atoms with E-state index in [0.717, 1.165) is 16.7 Å². The lowest BCUT2D eigenvalue weighted by atomic mass is 9.97. The molecule has 3 heteroatoms. The molecule has 19 heavy (non-hydrogen) atoms. The molecule has 0 radical (unpaired) electrons. The topological polar surface area (TPSA) is 35.5 Å². The van der Waals surface area contributed by atoms with Crippen LogP contribution in [0.25, 0.3) is 0 Å². The van der Waals surface area contributed by atoms with E-state index in [-0.39, 0.29) is 18.5 Å². The van der Waals surface area contributed by atoms with E-state index in [1.165, 1.54) is 5.56 Å². The van der Waals surface area contributed by atoms with Crippen molar-refractivity contribution in [2.24, 2.45) is 0 Å². The Morgan fingerprint density at radius 3 is 2.21 bits per heavy atom. The zero-order valence-corrected chi connectivity index (χ0v) is 12.6. The maximum atomic E-state index is 12.1. The summed E-state index contributed by atoms with van der Waals surface area (Å²) in [6, 6.07) is 4.06. The zero-order valence-electron chi connectivity index (χ0n) is 12.6. The van der Waals surface area contributed by atoms with Crippen LogP contribution >= 0.6 is 0 Å². The van der Waals surface area contributed by atoms with Gasteiger partial charge in [-0.3, -0.25) is 4.79 Å². The summed E-state index contributed by atoms with van der Waals surface area (Å²) in [4.78, 5) is 12.1. The van der Waals surface area contributed by atoms with E-state index in [0.29, 0.717) is 13.2 Å². The van der Waals surface area contributed by atoms with Crippen molar-refractivity contribution in [3.8, 4) is 0 Å². The first-order valence-electron chi connectivity index (χ1n) is 6.72. The molecule has 0 bridgehead atoms. The molecule has 1 rings (SSSR count). The van der Waals surface area contributed by atoms with Crippen molar-refractivity contribution in [2.75, 3.05) is 19.8 Å². The predicted octanol–water partition coefficient (Wildman–Crippen LogP) is 3.24. The summed E-state index contributed by atoms with van der Waals surface area (Å²) >= 11 is 0. The number of Topliss-reactive ketones (excluding diaryl/α,β-unsaturated/α-hetero) is 1. The van der Waals surface area contributed by atoms with Crippen molar-refractivity contribution >= 4 is 5.78 Å². The second kappa shape index (κ2) is 7.41. The number of carbonyl (C=O) groups excluding carboxylic acids is 1. The molecule has 0 N–H and O–H groups in total. The first-order chi connectivity index (χ1) is 8.91. The second-order valence-electron chi connectivity index (χ2n) is 5.17. The first kappa shape index (κ1) is 15.9. The van der Waals surface area contributed by atoms with Crippen LogP contribution in [-0.2, 0) is 9.47 Å². The molecule has 0 saturated carbocycles. The number of hydrogen-bond acceptors (Lipinski definition) is 3. The normalized spacial score (nSPS) is 11.1. The molecular weight excluding hydrogens is 240 g/mol. The van der Waals surface area contributed by atoms with Crippen molar-refractivity contribution in [1.29, 1.82) is 0 Å². The highest BCUT2D eigenvalue weighted by molar-refractivity contribution is 5.99. The van der Waals surface area contributed by atoms with Crippen LogP contribution in [0.2, 0.25) is 0 Å². The Morgan fingerprint density at radius 1 is 1.11 bits per heavy atom. The smallest absolute Gasteiger partial charge is 0.188 e. The number of ether oxygens (including phenoxy) is 2. The molecule has 0 saturated heterocycles. The summed E-state index contributed by atoms with van der Waals surface area (Å²) in [5, 5.41) is 0. The molecule has 1 aromatic carbocycles. The van der Waals surface area contributed by atoms with Gasteiger partial charge in [-0.15, -0.1) is 0 Å². The fraction of sp³-hybridized carbons (Fsp3) is 0.562. The Kier molecular flexibility index (Phi) is 6.19. The molecule has 0 amide bonds. The number of carbonyl (C=O) groups is 1. The minimum Gasteiger partial charge on any atom is -0.376 e. The van der Waals surface area contributed by atoms with Crippen LogP contribution in [0.4, 0.5) is 0 Å². The van der Waals surface area contributed by atoms with Crippen LogP contribution in [0.15, 0.2) is 12.1 Å². The standard InChI is InChI=1S/C16H24O3/c1-11(2)19-7-6-18-10-15(17)16-13(4)8-12(3)9-14(16)5/h8-9,11H,6-7,10H2,1-5H3. The summed E-state index contributed by atoms with van der Waals surface area (Å²) < 4.78 is 10.7. The number of hydrogen-bond donors (Lipinski definition) is 0. The highest BCUT2D eigenvalue weighted by atomic mass is 16.5. The van der Waals surface area contributed by atoms with Gasteiger partial charge < -0.3 is 9.47 Å². The molecule has 0 fully saturated rings. The van der Waals surface area contributed by atoms with E-state index in [4.69, 9.17) is 9.47 Å². The average Bonchev–Trinajstić information content (AvgIpc) is 2.26. The summed E-state index contributed by atoms with van der Waals surface area (Å²) in [6.45, 7) is 11.0. The molecule has 0 unspecified atom stereocenters. The monoisotopic (exact) mass is 264 g/mol. The van der Waals surface area contributed by atoms with E-state index < -0.39 is 0 Å².